The molecular formula is C27H30ClF3N4O4S. The van der Waals surface area contributed by atoms with Gasteiger partial charge in [0.15, 0.2) is 0 Å². The van der Waals surface area contributed by atoms with Crippen molar-refractivity contribution in [1.29, 1.82) is 0 Å². The van der Waals surface area contributed by atoms with E-state index in [2.05, 4.69) is 15.5 Å². The van der Waals surface area contributed by atoms with Crippen LogP contribution in [0.3, 0.4) is 0 Å². The Morgan fingerprint density at radius 2 is 1.82 bits per heavy atom. The van der Waals surface area contributed by atoms with Crippen LogP contribution in [0.15, 0.2) is 30.3 Å². The lowest BCUT2D eigenvalue weighted by molar-refractivity contribution is -0.137. The Bertz CT molecular complexity index is 1250. The van der Waals surface area contributed by atoms with Crippen LogP contribution in [0.2, 0.25) is 4.34 Å². The molecule has 0 unspecified atom stereocenters. The second-order valence-electron chi connectivity index (χ2n) is 10.3. The number of anilines is 2. The fourth-order valence-corrected chi connectivity index (χ4v) is 6.23. The van der Waals surface area contributed by atoms with Crippen LogP contribution in [0.4, 0.5) is 24.5 Å². The van der Waals surface area contributed by atoms with Crippen molar-refractivity contribution >= 4 is 52.0 Å². The van der Waals surface area contributed by atoms with Crippen LogP contribution in [0.25, 0.3) is 0 Å². The standard InChI is InChI=1S/C27H30ClF3N4O4S/c28-23-10-9-22(40-23)26(38)32-14-21(35(16-3-1-4-16)17-5-2-6-17)25(37)33-20-8-7-18(13-19(20)27(29,30)31)34-11-12-39-15-24(34)36/h7-10,13,16-17,21H,1-6,11-12,14-15H2,(H,32,38)(H,33,37)/t21-/m1/s1. The van der Waals surface area contributed by atoms with Crippen molar-refractivity contribution < 1.29 is 32.3 Å². The maximum absolute atomic E-state index is 14.2. The van der Waals surface area contributed by atoms with Gasteiger partial charge < -0.3 is 20.3 Å². The highest BCUT2D eigenvalue weighted by Crippen LogP contribution is 2.39. The van der Waals surface area contributed by atoms with Gasteiger partial charge in [-0.15, -0.1) is 11.3 Å². The van der Waals surface area contributed by atoms with Gasteiger partial charge in [0.2, 0.25) is 5.91 Å². The number of amides is 3. The molecule has 13 heteroatoms. The topological polar surface area (TPSA) is 91.0 Å². The lowest BCUT2D eigenvalue weighted by Gasteiger charge is -2.49. The van der Waals surface area contributed by atoms with E-state index in [0.717, 1.165) is 55.9 Å². The van der Waals surface area contributed by atoms with E-state index in [-0.39, 0.29) is 44.1 Å². The van der Waals surface area contributed by atoms with E-state index in [4.69, 9.17) is 16.3 Å². The third-order valence-corrected chi connectivity index (χ3v) is 9.00. The fraction of sp³-hybridized carbons (Fsp3) is 0.519. The Hall–Kier alpha value is -2.67. The minimum Gasteiger partial charge on any atom is -0.370 e. The van der Waals surface area contributed by atoms with Gasteiger partial charge in [0, 0.05) is 30.9 Å². The SMILES string of the molecule is O=C(NC[C@H](C(=O)Nc1ccc(N2CCOCC2=O)cc1C(F)(F)F)N(C1CCC1)C1CCC1)c1ccc(Cl)s1. The summed E-state index contributed by atoms with van der Waals surface area (Å²) in [5, 5.41) is 5.31. The van der Waals surface area contributed by atoms with Gasteiger partial charge in [0.25, 0.3) is 11.8 Å². The monoisotopic (exact) mass is 598 g/mol. The molecule has 1 aliphatic heterocycles. The van der Waals surface area contributed by atoms with E-state index in [1.54, 1.807) is 12.1 Å². The van der Waals surface area contributed by atoms with E-state index in [1.165, 1.54) is 17.0 Å². The van der Waals surface area contributed by atoms with Crippen molar-refractivity contribution in [3.8, 4) is 0 Å². The van der Waals surface area contributed by atoms with Gasteiger partial charge in [-0.3, -0.25) is 19.3 Å². The zero-order valence-corrected chi connectivity index (χ0v) is 23.2. The Kier molecular flexibility index (Phi) is 8.69. The molecule has 3 amide bonds. The normalized spacial score (nSPS) is 19.2. The van der Waals surface area contributed by atoms with Gasteiger partial charge in [0.05, 0.1) is 27.1 Å². The molecule has 0 radical (unpaired) electrons. The maximum Gasteiger partial charge on any atom is 0.418 e. The van der Waals surface area contributed by atoms with E-state index in [1.807, 2.05) is 0 Å². The average Bonchev–Trinajstić information content (AvgIpc) is 3.28. The molecule has 2 saturated carbocycles. The number of hydrogen-bond donors (Lipinski definition) is 2. The summed E-state index contributed by atoms with van der Waals surface area (Å²) in [6, 6.07) is 6.04. The first-order chi connectivity index (χ1) is 19.1. The molecular weight excluding hydrogens is 569 g/mol. The smallest absolute Gasteiger partial charge is 0.370 e. The molecule has 3 fully saturated rings. The molecule has 1 atom stereocenters. The van der Waals surface area contributed by atoms with Gasteiger partial charge in [-0.2, -0.15) is 13.2 Å². The van der Waals surface area contributed by atoms with Gasteiger partial charge in [-0.1, -0.05) is 24.4 Å². The summed E-state index contributed by atoms with van der Waals surface area (Å²) in [6.45, 7) is 0.0869. The van der Waals surface area contributed by atoms with E-state index >= 15 is 0 Å². The predicted octanol–water partition coefficient (Wildman–Crippen LogP) is 4.93. The minimum absolute atomic E-state index is 0.0606. The number of alkyl halides is 3. The molecule has 2 aliphatic carbocycles. The zero-order valence-electron chi connectivity index (χ0n) is 21.6. The molecule has 40 heavy (non-hydrogen) atoms. The van der Waals surface area contributed by atoms with Crippen molar-refractivity contribution in [2.45, 2.75) is 62.8 Å². The zero-order chi connectivity index (χ0) is 28.4. The minimum atomic E-state index is -4.78. The number of morpholine rings is 1. The predicted molar refractivity (Wildman–Crippen MR) is 146 cm³/mol. The number of nitrogens with zero attached hydrogens (tertiary/aromatic N) is 2. The number of carbonyl (C=O) groups is 3. The van der Waals surface area contributed by atoms with Crippen molar-refractivity contribution in [3.05, 3.63) is 45.1 Å². The molecule has 0 bridgehead atoms. The van der Waals surface area contributed by atoms with Crippen molar-refractivity contribution in [2.75, 3.05) is 36.5 Å². The van der Waals surface area contributed by atoms with Crippen LogP contribution in [0.1, 0.15) is 53.8 Å². The number of thiophene rings is 1. The number of benzene rings is 1. The molecule has 8 nitrogen and oxygen atoms in total. The fourth-order valence-electron chi connectivity index (χ4n) is 5.27. The van der Waals surface area contributed by atoms with Gasteiger partial charge in [-0.05, 0) is 56.0 Å². The van der Waals surface area contributed by atoms with Crippen molar-refractivity contribution in [3.63, 3.8) is 0 Å². The lowest BCUT2D eigenvalue weighted by Crippen LogP contribution is -2.61. The third kappa shape index (κ3) is 6.29. The molecule has 2 heterocycles. The lowest BCUT2D eigenvalue weighted by atomic mass is 9.83. The van der Waals surface area contributed by atoms with Crippen LogP contribution < -0.4 is 15.5 Å². The Morgan fingerprint density at radius 1 is 1.12 bits per heavy atom. The third-order valence-electron chi connectivity index (χ3n) is 7.77. The molecule has 3 aliphatic rings. The Morgan fingerprint density at radius 3 is 2.38 bits per heavy atom. The Balaban J connectivity index is 1.40. The molecule has 1 aromatic heterocycles. The van der Waals surface area contributed by atoms with Gasteiger partial charge >= 0.3 is 6.18 Å². The van der Waals surface area contributed by atoms with Crippen LogP contribution >= 0.6 is 22.9 Å². The summed E-state index contributed by atoms with van der Waals surface area (Å²) < 4.78 is 48.1. The molecule has 2 N–H and O–H groups in total. The molecule has 2 aromatic rings. The summed E-state index contributed by atoms with van der Waals surface area (Å²) in [4.78, 5) is 42.5. The summed E-state index contributed by atoms with van der Waals surface area (Å²) in [5.74, 6) is -1.45. The second kappa shape index (κ2) is 12.1. The number of halogens is 4. The Labute approximate surface area is 238 Å². The van der Waals surface area contributed by atoms with E-state index in [0.29, 0.717) is 9.21 Å². The molecule has 0 spiro atoms. The first-order valence-corrected chi connectivity index (χ1v) is 14.5. The van der Waals surface area contributed by atoms with E-state index < -0.39 is 41.2 Å². The molecule has 5 rings (SSSR count). The highest BCUT2D eigenvalue weighted by atomic mass is 35.5. The van der Waals surface area contributed by atoms with Crippen molar-refractivity contribution in [2.24, 2.45) is 0 Å². The number of nitrogens with one attached hydrogen (secondary N) is 2. The number of carbonyl (C=O) groups excluding carboxylic acids is 3. The second-order valence-corrected chi connectivity index (χ2v) is 12.0. The highest BCUT2D eigenvalue weighted by Gasteiger charge is 2.42. The number of hydrogen-bond acceptors (Lipinski definition) is 6. The summed E-state index contributed by atoms with van der Waals surface area (Å²) in [5.41, 5.74) is -1.36. The van der Waals surface area contributed by atoms with Gasteiger partial charge in [-0.25, -0.2) is 0 Å². The van der Waals surface area contributed by atoms with Gasteiger partial charge in [0.1, 0.15) is 12.6 Å². The first kappa shape index (κ1) is 28.8. The summed E-state index contributed by atoms with van der Waals surface area (Å²) in [6.07, 6.45) is 0.827. The van der Waals surface area contributed by atoms with Crippen molar-refractivity contribution in [1.82, 2.24) is 10.2 Å². The largest absolute Gasteiger partial charge is 0.418 e. The number of ether oxygens (including phenoxy) is 1. The average molecular weight is 599 g/mol. The summed E-state index contributed by atoms with van der Waals surface area (Å²) >= 11 is 7.07. The molecule has 1 saturated heterocycles. The van der Waals surface area contributed by atoms with Crippen LogP contribution in [0.5, 0.6) is 0 Å². The summed E-state index contributed by atoms with van der Waals surface area (Å²) in [7, 11) is 0. The number of rotatable bonds is 9. The quantitative estimate of drug-likeness (QED) is 0.427. The molecule has 1 aromatic carbocycles. The van der Waals surface area contributed by atoms with Crippen LogP contribution in [-0.2, 0) is 20.5 Å². The van der Waals surface area contributed by atoms with Crippen LogP contribution in [0, 0.1) is 0 Å². The molecule has 216 valence electrons. The maximum atomic E-state index is 14.2. The van der Waals surface area contributed by atoms with E-state index in [9.17, 15) is 27.6 Å². The highest BCUT2D eigenvalue weighted by molar-refractivity contribution is 7.18. The first-order valence-electron chi connectivity index (χ1n) is 13.3. The van der Waals surface area contributed by atoms with Crippen LogP contribution in [-0.4, -0.2) is 67.1 Å².